The van der Waals surface area contributed by atoms with E-state index >= 15 is 0 Å². The van der Waals surface area contributed by atoms with Gasteiger partial charge in [-0.1, -0.05) is 12.1 Å². The fourth-order valence-electron chi connectivity index (χ4n) is 1.49. The SMILES string of the molecule is COc1ccc(COc2nc(S(C)(=O)=O)ncc2Br)cc1. The van der Waals surface area contributed by atoms with Crippen molar-refractivity contribution < 1.29 is 17.9 Å². The van der Waals surface area contributed by atoms with E-state index in [1.54, 1.807) is 7.11 Å². The van der Waals surface area contributed by atoms with E-state index in [4.69, 9.17) is 9.47 Å². The molecule has 0 bridgehead atoms. The third kappa shape index (κ3) is 4.15. The molecule has 0 atom stereocenters. The largest absolute Gasteiger partial charge is 0.497 e. The first-order valence-electron chi connectivity index (χ1n) is 5.88. The molecule has 0 aliphatic heterocycles. The summed E-state index contributed by atoms with van der Waals surface area (Å²) in [6.45, 7) is 0.253. The van der Waals surface area contributed by atoms with Crippen LogP contribution in [0.1, 0.15) is 5.56 Å². The molecule has 1 heterocycles. The fraction of sp³-hybridized carbons (Fsp3) is 0.231. The summed E-state index contributed by atoms with van der Waals surface area (Å²) >= 11 is 3.23. The van der Waals surface area contributed by atoms with Gasteiger partial charge >= 0.3 is 0 Å². The molecule has 0 aliphatic rings. The molecule has 0 aliphatic carbocycles. The number of sulfone groups is 1. The van der Waals surface area contributed by atoms with Crippen molar-refractivity contribution in [3.8, 4) is 11.6 Å². The van der Waals surface area contributed by atoms with Crippen LogP contribution in [0.15, 0.2) is 40.1 Å². The van der Waals surface area contributed by atoms with Gasteiger partial charge in [0.2, 0.25) is 20.9 Å². The summed E-state index contributed by atoms with van der Waals surface area (Å²) in [5.41, 5.74) is 0.905. The predicted molar refractivity (Wildman–Crippen MR) is 80.2 cm³/mol. The molecular formula is C13H13BrN2O4S. The molecule has 8 heteroatoms. The Hall–Kier alpha value is -1.67. The fourth-order valence-corrected chi connectivity index (χ4v) is 2.29. The van der Waals surface area contributed by atoms with Crippen molar-refractivity contribution in [1.82, 2.24) is 9.97 Å². The molecular weight excluding hydrogens is 360 g/mol. The predicted octanol–water partition coefficient (Wildman–Crippen LogP) is 2.23. The Morgan fingerprint density at radius 1 is 1.24 bits per heavy atom. The Bertz CT molecular complexity index is 732. The highest BCUT2D eigenvalue weighted by atomic mass is 79.9. The number of halogens is 1. The Morgan fingerprint density at radius 2 is 1.90 bits per heavy atom. The smallest absolute Gasteiger partial charge is 0.250 e. The second-order valence-corrected chi connectivity index (χ2v) is 6.98. The quantitative estimate of drug-likeness (QED) is 0.748. The molecule has 0 fully saturated rings. The van der Waals surface area contributed by atoms with Gasteiger partial charge in [0.25, 0.3) is 0 Å². The third-order valence-corrected chi connectivity index (χ3v) is 3.96. The molecule has 2 rings (SSSR count). The summed E-state index contributed by atoms with van der Waals surface area (Å²) in [4.78, 5) is 7.64. The van der Waals surface area contributed by atoms with E-state index in [9.17, 15) is 8.42 Å². The van der Waals surface area contributed by atoms with Crippen LogP contribution >= 0.6 is 15.9 Å². The number of nitrogens with zero attached hydrogens (tertiary/aromatic N) is 2. The van der Waals surface area contributed by atoms with Gasteiger partial charge in [0.05, 0.1) is 11.6 Å². The summed E-state index contributed by atoms with van der Waals surface area (Å²) in [6.07, 6.45) is 2.40. The van der Waals surface area contributed by atoms with Gasteiger partial charge in [0, 0.05) is 12.5 Å². The molecule has 0 radical (unpaired) electrons. The van der Waals surface area contributed by atoms with Gasteiger partial charge in [-0.3, -0.25) is 0 Å². The monoisotopic (exact) mass is 372 g/mol. The second-order valence-electron chi connectivity index (χ2n) is 4.21. The van der Waals surface area contributed by atoms with Gasteiger partial charge in [0.15, 0.2) is 0 Å². The van der Waals surface area contributed by atoms with Crippen molar-refractivity contribution in [2.24, 2.45) is 0 Å². The average molecular weight is 373 g/mol. The number of benzene rings is 1. The number of aromatic nitrogens is 2. The zero-order valence-corrected chi connectivity index (χ0v) is 13.8. The van der Waals surface area contributed by atoms with Crippen molar-refractivity contribution >= 4 is 25.8 Å². The molecule has 0 N–H and O–H groups in total. The van der Waals surface area contributed by atoms with E-state index in [0.717, 1.165) is 17.6 Å². The first-order valence-corrected chi connectivity index (χ1v) is 8.57. The van der Waals surface area contributed by atoms with Crippen LogP contribution in [0.2, 0.25) is 0 Å². The van der Waals surface area contributed by atoms with E-state index in [1.165, 1.54) is 6.20 Å². The van der Waals surface area contributed by atoms with Gasteiger partial charge in [-0.2, -0.15) is 4.98 Å². The molecule has 0 spiro atoms. The second kappa shape index (κ2) is 6.40. The van der Waals surface area contributed by atoms with Gasteiger partial charge in [0.1, 0.15) is 12.4 Å². The Balaban J connectivity index is 2.15. The maximum atomic E-state index is 11.4. The van der Waals surface area contributed by atoms with Crippen LogP contribution in [0.5, 0.6) is 11.6 Å². The molecule has 0 saturated heterocycles. The first kappa shape index (κ1) is 15.7. The molecule has 1 aromatic carbocycles. The average Bonchev–Trinajstić information content (AvgIpc) is 2.45. The van der Waals surface area contributed by atoms with E-state index in [-0.39, 0.29) is 17.6 Å². The highest BCUT2D eigenvalue weighted by molar-refractivity contribution is 9.10. The zero-order chi connectivity index (χ0) is 15.5. The summed E-state index contributed by atoms with van der Waals surface area (Å²) in [5, 5.41) is -0.268. The lowest BCUT2D eigenvalue weighted by molar-refractivity contribution is 0.287. The molecule has 6 nitrogen and oxygen atoms in total. The van der Waals surface area contributed by atoms with Crippen LogP contribution in [0.4, 0.5) is 0 Å². The topological polar surface area (TPSA) is 78.4 Å². The van der Waals surface area contributed by atoms with Gasteiger partial charge in [-0.15, -0.1) is 0 Å². The Labute approximate surface area is 131 Å². The van der Waals surface area contributed by atoms with Crippen LogP contribution in [-0.2, 0) is 16.4 Å². The van der Waals surface area contributed by atoms with Crippen LogP contribution < -0.4 is 9.47 Å². The lowest BCUT2D eigenvalue weighted by atomic mass is 10.2. The Kier molecular flexibility index (Phi) is 4.79. The lowest BCUT2D eigenvalue weighted by Crippen LogP contribution is -2.06. The number of hydrogen-bond acceptors (Lipinski definition) is 6. The number of hydrogen-bond donors (Lipinski definition) is 0. The summed E-state index contributed by atoms with van der Waals surface area (Å²) in [6, 6.07) is 7.34. The molecule has 2 aromatic rings. The minimum atomic E-state index is -3.47. The van der Waals surface area contributed by atoms with E-state index in [2.05, 4.69) is 25.9 Å². The number of ether oxygens (including phenoxy) is 2. The van der Waals surface area contributed by atoms with Crippen molar-refractivity contribution in [3.63, 3.8) is 0 Å². The number of rotatable bonds is 5. The van der Waals surface area contributed by atoms with Crippen molar-refractivity contribution in [2.75, 3.05) is 13.4 Å². The van der Waals surface area contributed by atoms with Crippen LogP contribution in [0.25, 0.3) is 0 Å². The molecule has 0 saturated carbocycles. The molecule has 1 aromatic heterocycles. The summed E-state index contributed by atoms with van der Waals surface area (Å²) in [7, 11) is -1.88. The van der Waals surface area contributed by atoms with Crippen molar-refractivity contribution in [2.45, 2.75) is 11.8 Å². The normalized spacial score (nSPS) is 11.2. The van der Waals surface area contributed by atoms with Gasteiger partial charge in [-0.25, -0.2) is 13.4 Å². The third-order valence-electron chi connectivity index (χ3n) is 2.56. The minimum Gasteiger partial charge on any atom is -0.497 e. The molecule has 0 unspecified atom stereocenters. The maximum absolute atomic E-state index is 11.4. The van der Waals surface area contributed by atoms with Gasteiger partial charge in [-0.05, 0) is 33.6 Å². The lowest BCUT2D eigenvalue weighted by Gasteiger charge is -2.08. The van der Waals surface area contributed by atoms with Crippen LogP contribution in [0, 0.1) is 0 Å². The highest BCUT2D eigenvalue weighted by Crippen LogP contribution is 2.23. The standard InChI is InChI=1S/C13H13BrN2O4S/c1-19-10-5-3-9(4-6-10)8-20-12-11(14)7-15-13(16-12)21(2,17)18/h3-7H,8H2,1-2H3. The van der Waals surface area contributed by atoms with Crippen molar-refractivity contribution in [3.05, 3.63) is 40.5 Å². The van der Waals surface area contributed by atoms with Crippen molar-refractivity contribution in [1.29, 1.82) is 0 Å². The molecule has 112 valence electrons. The highest BCUT2D eigenvalue weighted by Gasteiger charge is 2.14. The summed E-state index contributed by atoms with van der Waals surface area (Å²) in [5.74, 6) is 0.933. The molecule has 21 heavy (non-hydrogen) atoms. The first-order chi connectivity index (χ1) is 9.90. The van der Waals surface area contributed by atoms with E-state index in [0.29, 0.717) is 4.47 Å². The van der Waals surface area contributed by atoms with Crippen LogP contribution in [0.3, 0.4) is 0 Å². The maximum Gasteiger partial charge on any atom is 0.250 e. The van der Waals surface area contributed by atoms with E-state index < -0.39 is 9.84 Å². The Morgan fingerprint density at radius 3 is 2.48 bits per heavy atom. The van der Waals surface area contributed by atoms with Gasteiger partial charge < -0.3 is 9.47 Å². The van der Waals surface area contributed by atoms with Crippen LogP contribution in [-0.4, -0.2) is 31.8 Å². The minimum absolute atomic E-state index is 0.182. The summed E-state index contributed by atoms with van der Waals surface area (Å²) < 4.78 is 33.9. The number of methoxy groups -OCH3 is 1. The zero-order valence-electron chi connectivity index (χ0n) is 11.4. The molecule has 0 amide bonds. The van der Waals surface area contributed by atoms with E-state index in [1.807, 2.05) is 24.3 Å².